The Morgan fingerprint density at radius 2 is 0.662 bits per heavy atom. The summed E-state index contributed by atoms with van der Waals surface area (Å²) in [6, 6.07) is 3.49. The van der Waals surface area contributed by atoms with Crippen LogP contribution in [0.25, 0.3) is 0 Å². The predicted molar refractivity (Wildman–Crippen MR) is 299 cm³/mol. The third-order valence-corrected chi connectivity index (χ3v) is 14.8. The minimum absolute atomic E-state index is 0. The Kier molecular flexibility index (Phi) is 47.5. The van der Waals surface area contributed by atoms with Crippen molar-refractivity contribution < 1.29 is 127 Å². The van der Waals surface area contributed by atoms with E-state index in [2.05, 4.69) is 119 Å². The Bertz CT molecular complexity index is 1430. The summed E-state index contributed by atoms with van der Waals surface area (Å²) in [5.74, 6) is 1.73. The van der Waals surface area contributed by atoms with E-state index < -0.39 is 11.1 Å². The van der Waals surface area contributed by atoms with E-state index in [9.17, 15) is 24.0 Å². The van der Waals surface area contributed by atoms with Gasteiger partial charge in [0, 0.05) is 47.4 Å². The first kappa shape index (κ1) is 83.5. The topological polar surface area (TPSA) is 102 Å². The molecule has 412 valence electrons. The quantitative estimate of drug-likeness (QED) is 0.0446. The second kappa shape index (κ2) is 40.4. The molecule has 0 aliphatic heterocycles. The third kappa shape index (κ3) is 28.0. The minimum atomic E-state index is -0.469. The average molecular weight is 1050 g/mol. The number of rotatable bonds is 29. The molecule has 0 spiro atoms. The van der Waals surface area contributed by atoms with Gasteiger partial charge in [-0.25, -0.2) is 0 Å². The van der Waals surface area contributed by atoms with E-state index in [0.717, 1.165) is 63.5 Å². The molecule has 0 aromatic carbocycles. The molecule has 0 N–H and O–H groups in total. The number of Topliss-reactive ketones (excluding diaryl/α,β-unsaturated/α-hetero) is 5. The Hall–Kier alpha value is 1.16. The molecule has 3 unspecified atom stereocenters. The van der Waals surface area contributed by atoms with Gasteiger partial charge < -0.3 is 33.2 Å². The molecule has 0 saturated carbocycles. The molecule has 0 amide bonds. The van der Waals surface area contributed by atoms with Crippen molar-refractivity contribution in [1.29, 1.82) is 0 Å². The molecular weight excluding hydrogens is 937 g/mol. The number of hydrogen-bond acceptors (Lipinski definition) is 10. The van der Waals surface area contributed by atoms with Crippen molar-refractivity contribution in [3.05, 3.63) is 25.9 Å². The second-order valence-corrected chi connectivity index (χ2v) is 23.3. The molecule has 12 heteroatoms. The van der Waals surface area contributed by atoms with Crippen LogP contribution in [-0.2, 0) is 24.0 Å². The van der Waals surface area contributed by atoms with Gasteiger partial charge in [-0.15, -0.1) is 0 Å². The SMILES string of the molecule is C[C-](C(=O)C(C)C)N(C)C(C)C.C[C-](C(=O)C(C)C)N(C)C(C)C.[CH2-]CCC(C)(C(=O)C(C)C)N(C)C(C)C.[CH2-]CCC(CCCCC(C)(C(=O)C(C)C)N(C)C(C)C)(C(=O)C(C)C)N(C)C(C)C.[K+].[K+]. The fourth-order valence-corrected chi connectivity index (χ4v) is 8.74. The second-order valence-electron chi connectivity index (χ2n) is 23.3. The van der Waals surface area contributed by atoms with E-state index in [-0.39, 0.29) is 149 Å². The van der Waals surface area contributed by atoms with Crippen LogP contribution in [0.15, 0.2) is 0 Å². The Morgan fingerprint density at radius 1 is 0.394 bits per heavy atom. The largest absolute Gasteiger partial charge is 1.00 e. The summed E-state index contributed by atoms with van der Waals surface area (Å²) >= 11 is 0. The monoisotopic (exact) mass is 1050 g/mol. The first-order valence-corrected chi connectivity index (χ1v) is 26.8. The maximum Gasteiger partial charge on any atom is 1.00 e. The summed E-state index contributed by atoms with van der Waals surface area (Å²) in [5.41, 5.74) is -1.29. The number of ketones is 5. The molecule has 0 rings (SSSR count). The molecule has 0 bridgehead atoms. The smallest absolute Gasteiger partial charge is 0.432 e. The standard InChI is InChI=1S/C26H51N2O2.C13H26NO.2C10H20NO.2K/c1-13-16-26(24(30)20(4)5,28(12)22(8)9)18-15-14-17-25(10,23(29)19(2)3)27(11)21(6)7;1-8-9-13(6,12(15)10(2)3)14(7)11(4)5;2*1-7(2)10(12)9(5)11(6)8(3)4;;/h19-22H,1,13-18H2,2-12H3;10-11H,1,8-9H2,2-7H3;2*7-8H,1-6H3;;/q4*-1;2*+1. The van der Waals surface area contributed by atoms with Crippen LogP contribution in [0.3, 0.4) is 0 Å². The normalized spacial score (nSPS) is 14.3. The van der Waals surface area contributed by atoms with E-state index in [1.165, 1.54) is 0 Å². The molecule has 71 heavy (non-hydrogen) atoms. The maximum absolute atomic E-state index is 13.4. The summed E-state index contributed by atoms with van der Waals surface area (Å²) < 4.78 is 0. The van der Waals surface area contributed by atoms with Crippen LogP contribution >= 0.6 is 0 Å². The van der Waals surface area contributed by atoms with Gasteiger partial charge in [-0.3, -0.25) is 41.2 Å². The van der Waals surface area contributed by atoms with E-state index >= 15 is 0 Å². The van der Waals surface area contributed by atoms with Crippen LogP contribution in [0.5, 0.6) is 0 Å². The number of likely N-dealkylation sites (N-methyl/N-ethyl adjacent to an activating group) is 5. The van der Waals surface area contributed by atoms with Crippen LogP contribution in [0.1, 0.15) is 218 Å². The number of unbranched alkanes of at least 4 members (excludes halogenated alkanes) is 1. The van der Waals surface area contributed by atoms with Crippen LogP contribution in [-0.4, -0.2) is 135 Å². The van der Waals surface area contributed by atoms with E-state index in [1.54, 1.807) is 0 Å². The molecule has 0 radical (unpaired) electrons. The number of hydrogen-bond donors (Lipinski definition) is 0. The molecular formula is C59H117K2N5O5-2. The molecule has 0 heterocycles. The first-order valence-electron chi connectivity index (χ1n) is 26.8. The molecule has 0 aromatic heterocycles. The zero-order chi connectivity index (χ0) is 55.9. The van der Waals surface area contributed by atoms with Gasteiger partial charge in [0.2, 0.25) is 0 Å². The van der Waals surface area contributed by atoms with Crippen molar-refractivity contribution in [3.8, 4) is 0 Å². The third-order valence-electron chi connectivity index (χ3n) is 14.8. The zero-order valence-electron chi connectivity index (χ0n) is 53.1. The summed E-state index contributed by atoms with van der Waals surface area (Å²) in [6.45, 7) is 56.7. The number of carbonyl (C=O) groups excluding carboxylic acids is 5. The Labute approximate surface area is 528 Å². The van der Waals surface area contributed by atoms with Crippen molar-refractivity contribution in [2.24, 2.45) is 29.6 Å². The molecule has 0 aliphatic carbocycles. The van der Waals surface area contributed by atoms with E-state index in [1.807, 2.05) is 121 Å². The van der Waals surface area contributed by atoms with E-state index in [4.69, 9.17) is 0 Å². The predicted octanol–water partition coefficient (Wildman–Crippen LogP) is 6.93. The summed E-state index contributed by atoms with van der Waals surface area (Å²) in [7, 11) is 10.1. The summed E-state index contributed by atoms with van der Waals surface area (Å²) in [5, 5.41) is 0. The molecule has 0 aliphatic rings. The van der Waals surface area contributed by atoms with Crippen LogP contribution < -0.4 is 103 Å². The van der Waals surface area contributed by atoms with Crippen molar-refractivity contribution in [2.45, 2.75) is 264 Å². The maximum atomic E-state index is 13.4. The van der Waals surface area contributed by atoms with Gasteiger partial charge in [-0.1, -0.05) is 123 Å². The van der Waals surface area contributed by atoms with Crippen molar-refractivity contribution in [1.82, 2.24) is 24.5 Å². The fraction of sp³-hybridized carbons (Fsp3) is 0.847. The van der Waals surface area contributed by atoms with Gasteiger partial charge in [-0.05, 0) is 127 Å². The first-order chi connectivity index (χ1) is 31.2. The Morgan fingerprint density at radius 3 is 0.887 bits per heavy atom. The molecule has 0 saturated heterocycles. The van der Waals surface area contributed by atoms with Crippen LogP contribution in [0, 0.1) is 55.5 Å². The van der Waals surface area contributed by atoms with Gasteiger partial charge in [0.05, 0.1) is 16.6 Å². The van der Waals surface area contributed by atoms with Crippen LogP contribution in [0.2, 0.25) is 0 Å². The average Bonchev–Trinajstić information content (AvgIpc) is 3.26. The molecule has 10 nitrogen and oxygen atoms in total. The molecule has 0 fully saturated rings. The minimum Gasteiger partial charge on any atom is -0.432 e. The van der Waals surface area contributed by atoms with Gasteiger partial charge in [0.25, 0.3) is 0 Å². The van der Waals surface area contributed by atoms with Crippen LogP contribution in [0.4, 0.5) is 0 Å². The van der Waals surface area contributed by atoms with Gasteiger partial charge in [0.1, 0.15) is 0 Å². The summed E-state index contributed by atoms with van der Waals surface area (Å²) in [4.78, 5) is 72.4. The molecule has 0 aromatic rings. The Balaban J connectivity index is -0.000000216. The van der Waals surface area contributed by atoms with Gasteiger partial charge in [0.15, 0.2) is 17.3 Å². The van der Waals surface area contributed by atoms with Crippen molar-refractivity contribution in [2.75, 3.05) is 35.2 Å². The van der Waals surface area contributed by atoms with Gasteiger partial charge in [-0.2, -0.15) is 26.7 Å². The van der Waals surface area contributed by atoms with Crippen molar-refractivity contribution in [3.63, 3.8) is 0 Å². The number of carbonyl (C=O) groups is 5. The molecule has 3 atom stereocenters. The van der Waals surface area contributed by atoms with E-state index in [0.29, 0.717) is 47.6 Å². The number of nitrogens with zero attached hydrogens (tertiary/aromatic N) is 5. The summed E-state index contributed by atoms with van der Waals surface area (Å²) in [6.07, 6.45) is 6.67. The van der Waals surface area contributed by atoms with Crippen molar-refractivity contribution >= 4 is 28.9 Å². The fourth-order valence-electron chi connectivity index (χ4n) is 8.74. The van der Waals surface area contributed by atoms with Gasteiger partial charge >= 0.3 is 103 Å². The zero-order valence-corrected chi connectivity index (χ0v) is 59.4.